The molecule has 310 valence electrons. The van der Waals surface area contributed by atoms with Crippen LogP contribution in [0, 0.1) is 0 Å². The average molecular weight is 802 g/mol. The van der Waals surface area contributed by atoms with Crippen molar-refractivity contribution in [2.24, 2.45) is 0 Å². The van der Waals surface area contributed by atoms with Gasteiger partial charge in [-0.15, -0.1) is 0 Å². The number of aliphatic hydroxyl groups is 3. The Labute approximate surface area is 346 Å². The molecule has 2 aliphatic carbocycles. The highest BCUT2D eigenvalue weighted by molar-refractivity contribution is 5.60. The molecule has 0 spiro atoms. The second kappa shape index (κ2) is 22.8. The molecule has 2 fully saturated rings. The van der Waals surface area contributed by atoms with E-state index in [9.17, 15) is 0 Å². The van der Waals surface area contributed by atoms with Gasteiger partial charge in [-0.25, -0.2) is 0 Å². The van der Waals surface area contributed by atoms with E-state index in [0.29, 0.717) is 39.1 Å². The zero-order valence-electron chi connectivity index (χ0n) is 33.1. The Morgan fingerprint density at radius 3 is 0.881 bits per heavy atom. The lowest BCUT2D eigenvalue weighted by Crippen LogP contribution is -2.37. The van der Waals surface area contributed by atoms with E-state index in [1.54, 1.807) is 0 Å². The van der Waals surface area contributed by atoms with Gasteiger partial charge in [0.1, 0.15) is 0 Å². The molecule has 3 aromatic heterocycles. The van der Waals surface area contributed by atoms with Gasteiger partial charge in [0, 0.05) is 35.3 Å². The average Bonchev–Trinajstić information content (AvgIpc) is 3.25. The van der Waals surface area contributed by atoms with Gasteiger partial charge in [-0.1, -0.05) is 109 Å². The van der Waals surface area contributed by atoms with Crippen LogP contribution in [0.1, 0.15) is 55.2 Å². The SMILES string of the molecule is O.O.OC1CC(O)CC(O)C1.c1ccc(-c2ccc(COC3CC(OCc4ccc(-c5ccccc5)nc4)CC(OCc4ccc(-c5ccccc5)nc4)C3)cn2)cc1. The summed E-state index contributed by atoms with van der Waals surface area (Å²) in [5, 5.41) is 26.8. The number of aliphatic hydroxyl groups excluding tert-OH is 3. The lowest BCUT2D eigenvalue weighted by Gasteiger charge is -2.34. The summed E-state index contributed by atoms with van der Waals surface area (Å²) < 4.78 is 19.5. The van der Waals surface area contributed by atoms with Crippen LogP contribution in [-0.4, -0.2) is 77.8 Å². The van der Waals surface area contributed by atoms with Crippen LogP contribution in [0.5, 0.6) is 0 Å². The van der Waals surface area contributed by atoms with E-state index in [0.717, 1.165) is 69.7 Å². The lowest BCUT2D eigenvalue weighted by molar-refractivity contribution is -0.111. The molecule has 0 radical (unpaired) electrons. The number of hydrogen-bond donors (Lipinski definition) is 3. The van der Waals surface area contributed by atoms with Crippen molar-refractivity contribution < 1.29 is 40.5 Å². The van der Waals surface area contributed by atoms with Gasteiger partial charge in [-0.3, -0.25) is 15.0 Å². The Balaban J connectivity index is 0.000000534. The molecule has 8 rings (SSSR count). The highest BCUT2D eigenvalue weighted by atomic mass is 16.5. The van der Waals surface area contributed by atoms with E-state index in [1.165, 1.54) is 0 Å². The van der Waals surface area contributed by atoms with Crippen molar-refractivity contribution in [2.45, 2.75) is 95.0 Å². The topological polar surface area (TPSA) is 190 Å². The summed E-state index contributed by atoms with van der Waals surface area (Å²) in [5.74, 6) is 0. The molecule has 0 amide bonds. The highest BCUT2D eigenvalue weighted by Crippen LogP contribution is 2.29. The summed E-state index contributed by atoms with van der Waals surface area (Å²) in [5.41, 5.74) is 9.31. The molecule has 11 heteroatoms. The number of pyridine rings is 3. The van der Waals surface area contributed by atoms with Gasteiger partial charge in [0.25, 0.3) is 0 Å². The largest absolute Gasteiger partial charge is 0.412 e. The van der Waals surface area contributed by atoms with Crippen LogP contribution in [0.25, 0.3) is 33.8 Å². The van der Waals surface area contributed by atoms with E-state index in [2.05, 4.69) is 87.7 Å². The Morgan fingerprint density at radius 2 is 0.644 bits per heavy atom. The number of aromatic nitrogens is 3. The summed E-state index contributed by atoms with van der Waals surface area (Å²) >= 11 is 0. The Hall–Kier alpha value is -5.21. The first-order chi connectivity index (χ1) is 27.9. The maximum absolute atomic E-state index is 8.93. The smallest absolute Gasteiger partial charge is 0.0735 e. The maximum atomic E-state index is 8.93. The number of nitrogens with zero attached hydrogens (tertiary/aromatic N) is 3. The van der Waals surface area contributed by atoms with Gasteiger partial charge in [-0.05, 0) is 73.4 Å². The van der Waals surface area contributed by atoms with Crippen LogP contribution in [0.3, 0.4) is 0 Å². The molecule has 0 unspecified atom stereocenters. The van der Waals surface area contributed by atoms with Crippen molar-refractivity contribution in [2.75, 3.05) is 0 Å². The Morgan fingerprint density at radius 1 is 0.373 bits per heavy atom. The molecular formula is C48H55N3O8. The van der Waals surface area contributed by atoms with Crippen molar-refractivity contribution in [1.82, 2.24) is 15.0 Å². The molecule has 2 aliphatic rings. The van der Waals surface area contributed by atoms with Crippen LogP contribution >= 0.6 is 0 Å². The van der Waals surface area contributed by atoms with Crippen molar-refractivity contribution in [3.05, 3.63) is 163 Å². The molecular weight excluding hydrogens is 747 g/mol. The third-order valence-electron chi connectivity index (χ3n) is 10.3. The minimum absolute atomic E-state index is 0. The molecule has 7 N–H and O–H groups in total. The fourth-order valence-electron chi connectivity index (χ4n) is 7.32. The predicted octanol–water partition coefficient (Wildman–Crippen LogP) is 6.72. The molecule has 3 heterocycles. The minimum Gasteiger partial charge on any atom is -0.412 e. The lowest BCUT2D eigenvalue weighted by atomic mass is 9.92. The molecule has 2 saturated carbocycles. The van der Waals surface area contributed by atoms with Gasteiger partial charge in [0.05, 0.1) is 73.5 Å². The van der Waals surface area contributed by atoms with E-state index in [4.69, 9.17) is 29.5 Å². The second-order valence-electron chi connectivity index (χ2n) is 14.9. The zero-order valence-corrected chi connectivity index (χ0v) is 33.1. The number of rotatable bonds is 12. The van der Waals surface area contributed by atoms with Gasteiger partial charge < -0.3 is 40.5 Å². The van der Waals surface area contributed by atoms with E-state index in [-0.39, 0.29) is 29.3 Å². The van der Waals surface area contributed by atoms with Crippen molar-refractivity contribution in [3.8, 4) is 33.8 Å². The monoisotopic (exact) mass is 801 g/mol. The Bertz CT molecular complexity index is 1810. The summed E-state index contributed by atoms with van der Waals surface area (Å²) in [6.45, 7) is 1.46. The van der Waals surface area contributed by atoms with Crippen LogP contribution < -0.4 is 0 Å². The van der Waals surface area contributed by atoms with Crippen LogP contribution in [0.15, 0.2) is 146 Å². The molecule has 59 heavy (non-hydrogen) atoms. The Kier molecular flexibility index (Phi) is 17.4. The van der Waals surface area contributed by atoms with Gasteiger partial charge in [0.2, 0.25) is 0 Å². The molecule has 6 aromatic rings. The highest BCUT2D eigenvalue weighted by Gasteiger charge is 2.31. The zero-order chi connectivity index (χ0) is 39.2. The third kappa shape index (κ3) is 13.7. The fraction of sp³-hybridized carbons (Fsp3) is 0.312. The first kappa shape index (κ1) is 44.9. The van der Waals surface area contributed by atoms with E-state index in [1.807, 2.05) is 73.2 Å². The maximum Gasteiger partial charge on any atom is 0.0735 e. The first-order valence-electron chi connectivity index (χ1n) is 19.8. The van der Waals surface area contributed by atoms with E-state index < -0.39 is 18.3 Å². The van der Waals surface area contributed by atoms with Gasteiger partial charge in [-0.2, -0.15) is 0 Å². The third-order valence-corrected chi connectivity index (χ3v) is 10.3. The van der Waals surface area contributed by atoms with Crippen molar-refractivity contribution >= 4 is 0 Å². The standard InChI is InChI=1S/C42H39N3O3.C6H12O3.2H2O/c1-4-10-34(11-5-1)40-19-16-31(25-43-40)28-46-37-22-38(47-29-32-17-20-41(44-26-32)35-12-6-2-7-13-35)24-39(23-37)48-30-33-18-21-42(45-27-33)36-14-8-3-9-15-36;7-4-1-5(8)3-6(9)2-4;;/h1-21,25-27,37-39H,22-24,28-30H2;4-9H,1-3H2;2*1H2. The van der Waals surface area contributed by atoms with E-state index >= 15 is 0 Å². The molecule has 0 saturated heterocycles. The number of hydrogen-bond acceptors (Lipinski definition) is 9. The normalized spacial score (nSPS) is 21.2. The minimum atomic E-state index is -0.510. The molecule has 0 bridgehead atoms. The fourth-order valence-corrected chi connectivity index (χ4v) is 7.32. The van der Waals surface area contributed by atoms with Gasteiger partial charge >= 0.3 is 0 Å². The number of ether oxygens (including phenoxy) is 3. The molecule has 3 aromatic carbocycles. The van der Waals surface area contributed by atoms with Crippen molar-refractivity contribution in [1.29, 1.82) is 0 Å². The van der Waals surface area contributed by atoms with Crippen molar-refractivity contribution in [3.63, 3.8) is 0 Å². The van der Waals surface area contributed by atoms with Crippen LogP contribution in [-0.2, 0) is 34.0 Å². The molecule has 11 nitrogen and oxygen atoms in total. The summed E-state index contributed by atoms with van der Waals surface area (Å²) in [7, 11) is 0. The second-order valence-corrected chi connectivity index (χ2v) is 14.9. The van der Waals surface area contributed by atoms with Crippen LogP contribution in [0.2, 0.25) is 0 Å². The van der Waals surface area contributed by atoms with Gasteiger partial charge in [0.15, 0.2) is 0 Å². The summed E-state index contributed by atoms with van der Waals surface area (Å²) in [6, 6.07) is 43.1. The predicted molar refractivity (Wildman–Crippen MR) is 228 cm³/mol. The quantitative estimate of drug-likeness (QED) is 0.121. The first-order valence-corrected chi connectivity index (χ1v) is 19.8. The summed E-state index contributed by atoms with van der Waals surface area (Å²) in [4.78, 5) is 14.0. The summed E-state index contributed by atoms with van der Waals surface area (Å²) in [6.07, 6.45) is 7.84. The molecule has 0 atom stereocenters. The molecule has 0 aliphatic heterocycles. The number of benzene rings is 3. The van der Waals surface area contributed by atoms with Crippen LogP contribution in [0.4, 0.5) is 0 Å².